The van der Waals surface area contributed by atoms with Crippen LogP contribution >= 0.6 is 15.9 Å². The number of imidazole rings is 1. The second-order valence-corrected chi connectivity index (χ2v) is 6.02. The lowest BCUT2D eigenvalue weighted by molar-refractivity contribution is 0.884. The molecule has 0 aliphatic rings. The number of halogens is 1. The zero-order chi connectivity index (χ0) is 15.0. The molecule has 1 aromatic heterocycles. The number of anilines is 1. The molecule has 4 nitrogen and oxygen atoms in total. The number of hydrogen-bond acceptors (Lipinski definition) is 2. The number of benzene rings is 2. The minimum Gasteiger partial charge on any atom is -0.378 e. The average Bonchev–Trinajstić information content (AvgIpc) is 2.82. The molecule has 0 radical (unpaired) electrons. The predicted octanol–water partition coefficient (Wildman–Crippen LogP) is 4.10. The molecule has 0 spiro atoms. The zero-order valence-electron chi connectivity index (χ0n) is 11.8. The second kappa shape index (κ2) is 5.41. The summed E-state index contributed by atoms with van der Waals surface area (Å²) in [7, 11) is 0. The molecule has 2 aromatic carbocycles. The van der Waals surface area contributed by atoms with Gasteiger partial charge in [0.05, 0.1) is 11.0 Å². The van der Waals surface area contributed by atoms with E-state index in [9.17, 15) is 4.79 Å². The van der Waals surface area contributed by atoms with Gasteiger partial charge in [-0.1, -0.05) is 28.1 Å². The van der Waals surface area contributed by atoms with Gasteiger partial charge in [0.1, 0.15) is 0 Å². The van der Waals surface area contributed by atoms with Crippen molar-refractivity contribution in [3.8, 4) is 0 Å². The van der Waals surface area contributed by atoms with Crippen LogP contribution in [-0.4, -0.2) is 9.97 Å². The maximum absolute atomic E-state index is 11.3. The van der Waals surface area contributed by atoms with Crippen LogP contribution in [0.5, 0.6) is 0 Å². The summed E-state index contributed by atoms with van der Waals surface area (Å²) in [5.74, 6) is 0. The van der Waals surface area contributed by atoms with Gasteiger partial charge in [0, 0.05) is 16.2 Å². The largest absolute Gasteiger partial charge is 0.378 e. The molecule has 1 unspecified atom stereocenters. The lowest BCUT2D eigenvalue weighted by Gasteiger charge is -2.18. The number of aromatic nitrogens is 2. The van der Waals surface area contributed by atoms with Crippen molar-refractivity contribution in [2.24, 2.45) is 0 Å². The molecule has 0 amide bonds. The van der Waals surface area contributed by atoms with Crippen LogP contribution in [0.4, 0.5) is 5.69 Å². The van der Waals surface area contributed by atoms with E-state index >= 15 is 0 Å². The molecule has 0 bridgehead atoms. The molecule has 5 heteroatoms. The summed E-state index contributed by atoms with van der Waals surface area (Å²) in [6, 6.07) is 12.2. The number of H-pyrrole nitrogens is 2. The van der Waals surface area contributed by atoms with Gasteiger partial charge in [0.15, 0.2) is 0 Å². The third-order valence-electron chi connectivity index (χ3n) is 3.68. The van der Waals surface area contributed by atoms with E-state index in [1.807, 2.05) is 30.3 Å². The van der Waals surface area contributed by atoms with Crippen molar-refractivity contribution in [3.63, 3.8) is 0 Å². The first-order valence-electron chi connectivity index (χ1n) is 6.78. The maximum Gasteiger partial charge on any atom is 0.323 e. The third kappa shape index (κ3) is 2.74. The van der Waals surface area contributed by atoms with E-state index in [0.717, 1.165) is 26.8 Å². The summed E-state index contributed by atoms with van der Waals surface area (Å²) in [4.78, 5) is 16.9. The summed E-state index contributed by atoms with van der Waals surface area (Å²) in [5, 5.41) is 3.51. The Kier molecular flexibility index (Phi) is 3.59. The van der Waals surface area contributed by atoms with Crippen molar-refractivity contribution < 1.29 is 0 Å². The summed E-state index contributed by atoms with van der Waals surface area (Å²) in [6.45, 7) is 4.18. The smallest absolute Gasteiger partial charge is 0.323 e. The number of fused-ring (bicyclic) bond motifs is 1. The van der Waals surface area contributed by atoms with Crippen molar-refractivity contribution in [1.82, 2.24) is 9.97 Å². The fourth-order valence-corrected chi connectivity index (χ4v) is 2.77. The van der Waals surface area contributed by atoms with Gasteiger partial charge >= 0.3 is 5.69 Å². The summed E-state index contributed by atoms with van der Waals surface area (Å²) in [6.07, 6.45) is 0. The Balaban J connectivity index is 1.91. The Morgan fingerprint density at radius 2 is 1.90 bits per heavy atom. The van der Waals surface area contributed by atoms with Gasteiger partial charge in [-0.05, 0) is 49.2 Å². The van der Waals surface area contributed by atoms with Crippen LogP contribution in [-0.2, 0) is 0 Å². The van der Waals surface area contributed by atoms with Crippen molar-refractivity contribution in [2.75, 3.05) is 5.32 Å². The van der Waals surface area contributed by atoms with Crippen LogP contribution in [0.3, 0.4) is 0 Å². The van der Waals surface area contributed by atoms with Crippen LogP contribution in [0.2, 0.25) is 0 Å². The third-order valence-corrected chi connectivity index (χ3v) is 4.54. The normalized spacial score (nSPS) is 12.5. The molecule has 0 saturated carbocycles. The molecular formula is C16H16BrN3O. The summed E-state index contributed by atoms with van der Waals surface area (Å²) < 4.78 is 1.09. The Hall–Kier alpha value is -2.01. The Morgan fingerprint density at radius 3 is 2.71 bits per heavy atom. The highest BCUT2D eigenvalue weighted by Gasteiger charge is 2.09. The summed E-state index contributed by atoms with van der Waals surface area (Å²) in [5.41, 5.74) is 4.88. The number of nitrogens with one attached hydrogen (secondary N) is 3. The first kappa shape index (κ1) is 13.9. The highest BCUT2D eigenvalue weighted by atomic mass is 79.9. The van der Waals surface area contributed by atoms with Crippen LogP contribution in [0.15, 0.2) is 45.7 Å². The maximum atomic E-state index is 11.3. The van der Waals surface area contributed by atoms with Crippen LogP contribution in [0, 0.1) is 6.92 Å². The lowest BCUT2D eigenvalue weighted by Crippen LogP contribution is -2.07. The van der Waals surface area contributed by atoms with E-state index in [0.29, 0.717) is 0 Å². The molecule has 0 saturated heterocycles. The SMILES string of the molecule is Cc1c(Br)cccc1NC(C)c1ccc2[nH]c(=O)[nH]c2c1. The standard InChI is InChI=1S/C16H16BrN3O/c1-9-12(17)4-3-5-13(9)18-10(2)11-6-7-14-15(8-11)20-16(21)19-14/h3-8,10,18H,1-2H3,(H2,19,20,21). The van der Waals surface area contributed by atoms with Crippen LogP contribution < -0.4 is 11.0 Å². The van der Waals surface area contributed by atoms with Gasteiger partial charge in [-0.2, -0.15) is 0 Å². The molecule has 0 fully saturated rings. The molecule has 1 heterocycles. The monoisotopic (exact) mass is 345 g/mol. The Labute approximate surface area is 130 Å². The lowest BCUT2D eigenvalue weighted by atomic mass is 10.1. The topological polar surface area (TPSA) is 60.7 Å². The van der Waals surface area contributed by atoms with Gasteiger partial charge in [-0.15, -0.1) is 0 Å². The predicted molar refractivity (Wildman–Crippen MR) is 89.8 cm³/mol. The molecule has 3 aromatic rings. The van der Waals surface area contributed by atoms with Crippen molar-refractivity contribution in [2.45, 2.75) is 19.9 Å². The highest BCUT2D eigenvalue weighted by molar-refractivity contribution is 9.10. The van der Waals surface area contributed by atoms with Crippen molar-refractivity contribution >= 4 is 32.7 Å². The fraction of sp³-hybridized carbons (Fsp3) is 0.188. The quantitative estimate of drug-likeness (QED) is 0.669. The molecule has 0 aliphatic heterocycles. The van der Waals surface area contributed by atoms with E-state index < -0.39 is 0 Å². The second-order valence-electron chi connectivity index (χ2n) is 5.16. The van der Waals surface area contributed by atoms with Crippen LogP contribution in [0.1, 0.15) is 24.1 Å². The average molecular weight is 346 g/mol. The van der Waals surface area contributed by atoms with Crippen molar-refractivity contribution in [1.29, 1.82) is 0 Å². The minimum absolute atomic E-state index is 0.140. The van der Waals surface area contributed by atoms with Gasteiger partial charge in [-0.25, -0.2) is 4.79 Å². The fourth-order valence-electron chi connectivity index (χ4n) is 2.40. The first-order chi connectivity index (χ1) is 10.0. The van der Waals surface area contributed by atoms with Gasteiger partial charge in [0.2, 0.25) is 0 Å². The highest BCUT2D eigenvalue weighted by Crippen LogP contribution is 2.27. The van der Waals surface area contributed by atoms with Crippen LogP contribution in [0.25, 0.3) is 11.0 Å². The van der Waals surface area contributed by atoms with Gasteiger partial charge in [0.25, 0.3) is 0 Å². The molecule has 3 N–H and O–H groups in total. The Bertz CT molecular complexity index is 850. The minimum atomic E-state index is -0.175. The molecule has 0 aliphatic carbocycles. The number of rotatable bonds is 3. The molecule has 108 valence electrons. The van der Waals surface area contributed by atoms with E-state index in [4.69, 9.17) is 0 Å². The number of hydrogen-bond donors (Lipinski definition) is 3. The van der Waals surface area contributed by atoms with E-state index in [-0.39, 0.29) is 11.7 Å². The van der Waals surface area contributed by atoms with Gasteiger partial charge in [-0.3, -0.25) is 0 Å². The van der Waals surface area contributed by atoms with Gasteiger partial charge < -0.3 is 15.3 Å². The van der Waals surface area contributed by atoms with E-state index in [2.05, 4.69) is 51.1 Å². The molecule has 3 rings (SSSR count). The summed E-state index contributed by atoms with van der Waals surface area (Å²) >= 11 is 3.54. The van der Waals surface area contributed by atoms with Crippen molar-refractivity contribution in [3.05, 3.63) is 62.5 Å². The molecular weight excluding hydrogens is 330 g/mol. The number of aromatic amines is 2. The molecule has 1 atom stereocenters. The van der Waals surface area contributed by atoms with E-state index in [1.165, 1.54) is 5.56 Å². The first-order valence-corrected chi connectivity index (χ1v) is 7.57. The van der Waals surface area contributed by atoms with E-state index in [1.54, 1.807) is 0 Å². The Morgan fingerprint density at radius 1 is 1.14 bits per heavy atom. The molecule has 21 heavy (non-hydrogen) atoms. The zero-order valence-corrected chi connectivity index (χ0v) is 13.4.